The summed E-state index contributed by atoms with van der Waals surface area (Å²) in [5, 5.41) is 0. The Morgan fingerprint density at radius 1 is 1.43 bits per heavy atom. The van der Waals surface area contributed by atoms with Crippen LogP contribution < -0.4 is 0 Å². The zero-order valence-electron chi connectivity index (χ0n) is 4.81. The van der Waals surface area contributed by atoms with Crippen LogP contribution in [0.3, 0.4) is 0 Å². The van der Waals surface area contributed by atoms with E-state index in [1.165, 1.54) is 19.3 Å². The normalized spacial score (nSPS) is 9.43. The van der Waals surface area contributed by atoms with E-state index in [4.69, 9.17) is 3.02 Å². The van der Waals surface area contributed by atoms with E-state index in [1.54, 1.807) is 0 Å². The Labute approximate surface area is 59.5 Å². The van der Waals surface area contributed by atoms with Crippen molar-refractivity contribution >= 4 is 23.4 Å². The fourth-order valence-electron chi connectivity index (χ4n) is 0.435. The Hall–Kier alpha value is 0.778. The van der Waals surface area contributed by atoms with E-state index in [0.29, 0.717) is 0 Å². The average Bonchev–Trinajstić information content (AvgIpc) is 1.69. The van der Waals surface area contributed by atoms with E-state index in [0.717, 1.165) is 30.0 Å². The molecule has 1 nitrogen and oxygen atoms in total. The van der Waals surface area contributed by atoms with Gasteiger partial charge in [0.1, 0.15) is 0 Å². The molecule has 0 N–H and O–H groups in total. The summed E-state index contributed by atoms with van der Waals surface area (Å²) in [5.41, 5.74) is 0. The predicted molar refractivity (Wildman–Crippen MR) is 34.0 cm³/mol. The molecule has 0 amide bonds. The van der Waals surface area contributed by atoms with Crippen LogP contribution in [-0.4, -0.2) is 30.0 Å². The first-order chi connectivity index (χ1) is 3.41. The Balaban J connectivity index is 2.45. The molecule has 0 aromatic heterocycles. The summed E-state index contributed by atoms with van der Waals surface area (Å²) in [4.78, 5) is 0. The molecule has 0 rings (SSSR count). The van der Waals surface area contributed by atoms with Gasteiger partial charge in [-0.15, -0.1) is 0 Å². The van der Waals surface area contributed by atoms with E-state index in [2.05, 4.69) is 6.92 Å². The van der Waals surface area contributed by atoms with Crippen molar-refractivity contribution in [2.24, 2.45) is 0 Å². The quantitative estimate of drug-likeness (QED) is 0.492. The second-order valence-corrected chi connectivity index (χ2v) is 2.53. The Kier molecular flexibility index (Phi) is 7.53. The van der Waals surface area contributed by atoms with Crippen LogP contribution in [0, 0.1) is 0 Å². The summed E-state index contributed by atoms with van der Waals surface area (Å²) in [5.74, 6) is 0. The molecule has 0 aromatic rings. The Bertz CT molecular complexity index is 27.3. The van der Waals surface area contributed by atoms with Gasteiger partial charge in [0.05, 0.1) is 0 Å². The maximum atomic E-state index is 4.97. The van der Waals surface area contributed by atoms with Crippen molar-refractivity contribution in [2.75, 3.05) is 6.61 Å². The molecule has 0 aliphatic heterocycles. The van der Waals surface area contributed by atoms with Gasteiger partial charge in [0, 0.05) is 0 Å². The molecule has 0 aliphatic carbocycles. The standard InChI is InChI=1S/C5H11O.Sb.2H/c1-2-3-4-5-6;;;/h2-5H2,1H3;;;/q-1;+1;;. The van der Waals surface area contributed by atoms with Gasteiger partial charge >= 0.3 is 59.3 Å². The average molecular weight is 211 g/mol. The molecule has 0 heterocycles. The minimum atomic E-state index is 0.960. The first kappa shape index (κ1) is 7.78. The van der Waals surface area contributed by atoms with Gasteiger partial charge < -0.3 is 0 Å². The molecule has 0 radical (unpaired) electrons. The molecule has 0 saturated carbocycles. The molecule has 0 fully saturated rings. The summed E-state index contributed by atoms with van der Waals surface area (Å²) in [6.45, 7) is 3.18. The summed E-state index contributed by atoms with van der Waals surface area (Å²) in [7, 11) is 0. The van der Waals surface area contributed by atoms with Crippen LogP contribution in [0.25, 0.3) is 0 Å². The van der Waals surface area contributed by atoms with Crippen LogP contribution in [0.4, 0.5) is 0 Å². The Morgan fingerprint density at radius 3 is 2.57 bits per heavy atom. The molecule has 0 spiro atoms. The fraction of sp³-hybridized carbons (Fsp3) is 1.00. The number of rotatable bonds is 4. The van der Waals surface area contributed by atoms with E-state index in [1.807, 2.05) is 0 Å². The molecular weight excluding hydrogens is 198 g/mol. The van der Waals surface area contributed by atoms with Crippen LogP contribution in [-0.2, 0) is 3.02 Å². The fourth-order valence-corrected chi connectivity index (χ4v) is 0.911. The third kappa shape index (κ3) is 6.78. The molecule has 0 aliphatic rings. The van der Waals surface area contributed by atoms with Crippen molar-refractivity contribution in [3.8, 4) is 0 Å². The first-order valence-corrected chi connectivity index (χ1v) is 4.08. The van der Waals surface area contributed by atoms with Gasteiger partial charge in [0.2, 0.25) is 0 Å². The summed E-state index contributed by atoms with van der Waals surface area (Å²) in [6, 6.07) is 0. The SMILES string of the molecule is CCCCC[O][SbH2]. The van der Waals surface area contributed by atoms with E-state index in [9.17, 15) is 0 Å². The van der Waals surface area contributed by atoms with Gasteiger partial charge in [-0.2, -0.15) is 0 Å². The van der Waals surface area contributed by atoms with Crippen molar-refractivity contribution in [3.63, 3.8) is 0 Å². The second kappa shape index (κ2) is 6.78. The molecule has 0 bridgehead atoms. The molecule has 0 saturated heterocycles. The van der Waals surface area contributed by atoms with E-state index < -0.39 is 0 Å². The molecular formula is C5H13OSb. The summed E-state index contributed by atoms with van der Waals surface area (Å²) < 4.78 is 4.97. The number of hydrogen-bond acceptors (Lipinski definition) is 1. The van der Waals surface area contributed by atoms with Gasteiger partial charge in [0.25, 0.3) is 0 Å². The summed E-state index contributed by atoms with van der Waals surface area (Å²) in [6.07, 6.45) is 3.86. The second-order valence-electron chi connectivity index (χ2n) is 1.58. The minimum absolute atomic E-state index is 0.960. The van der Waals surface area contributed by atoms with Crippen molar-refractivity contribution in [2.45, 2.75) is 26.2 Å². The van der Waals surface area contributed by atoms with Crippen molar-refractivity contribution in [1.29, 1.82) is 0 Å². The summed E-state index contributed by atoms with van der Waals surface area (Å²) >= 11 is 0.960. The van der Waals surface area contributed by atoms with Crippen molar-refractivity contribution in [1.82, 2.24) is 0 Å². The van der Waals surface area contributed by atoms with Crippen LogP contribution in [0.5, 0.6) is 0 Å². The molecule has 44 valence electrons. The van der Waals surface area contributed by atoms with Crippen molar-refractivity contribution in [3.05, 3.63) is 0 Å². The van der Waals surface area contributed by atoms with E-state index >= 15 is 0 Å². The van der Waals surface area contributed by atoms with Crippen molar-refractivity contribution < 1.29 is 3.02 Å². The van der Waals surface area contributed by atoms with Gasteiger partial charge in [-0.1, -0.05) is 0 Å². The van der Waals surface area contributed by atoms with Gasteiger partial charge in [-0.05, 0) is 0 Å². The molecule has 7 heavy (non-hydrogen) atoms. The van der Waals surface area contributed by atoms with Crippen LogP contribution in [0.2, 0.25) is 0 Å². The number of unbranched alkanes of at least 4 members (excludes halogenated alkanes) is 2. The Morgan fingerprint density at radius 2 is 2.14 bits per heavy atom. The third-order valence-corrected chi connectivity index (χ3v) is 1.54. The number of hydrogen-bond donors (Lipinski definition) is 0. The molecule has 0 aromatic carbocycles. The van der Waals surface area contributed by atoms with E-state index in [-0.39, 0.29) is 0 Å². The molecule has 0 unspecified atom stereocenters. The van der Waals surface area contributed by atoms with Gasteiger partial charge in [0.15, 0.2) is 0 Å². The van der Waals surface area contributed by atoms with Crippen LogP contribution in [0.15, 0.2) is 0 Å². The molecule has 0 atom stereocenters. The molecule has 2 heteroatoms. The van der Waals surface area contributed by atoms with Crippen LogP contribution >= 0.6 is 0 Å². The predicted octanol–water partition coefficient (Wildman–Crippen LogP) is 0.741. The van der Waals surface area contributed by atoms with Gasteiger partial charge in [-0.3, -0.25) is 0 Å². The zero-order chi connectivity index (χ0) is 5.54. The first-order valence-electron chi connectivity index (χ1n) is 2.73. The van der Waals surface area contributed by atoms with Gasteiger partial charge in [-0.25, -0.2) is 0 Å². The zero-order valence-corrected chi connectivity index (χ0v) is 8.11. The maximum absolute atomic E-state index is 4.97. The topological polar surface area (TPSA) is 9.23 Å². The monoisotopic (exact) mass is 210 g/mol. The third-order valence-electron chi connectivity index (χ3n) is 0.866. The van der Waals surface area contributed by atoms with Crippen LogP contribution in [0.1, 0.15) is 26.2 Å².